The van der Waals surface area contributed by atoms with Gasteiger partial charge in [0.05, 0.1) is 6.61 Å². The Bertz CT molecular complexity index is 506. The van der Waals surface area contributed by atoms with Gasteiger partial charge in [0, 0.05) is 12.4 Å². The van der Waals surface area contributed by atoms with Crippen molar-refractivity contribution in [3.8, 4) is 5.88 Å². The van der Waals surface area contributed by atoms with Gasteiger partial charge in [0.15, 0.2) is 5.69 Å². The number of hydrogen-bond acceptors (Lipinski definition) is 5. The molecule has 0 aliphatic carbocycles. The van der Waals surface area contributed by atoms with Crippen LogP contribution in [0.25, 0.3) is 5.78 Å². The molecule has 0 radical (unpaired) electrons. The number of nitrogens with zero attached hydrogens (tertiary/aromatic N) is 3. The standard InChI is InChI=1S/C9H9N3O3/c1-2-15-8(14)6-7(13)11-9-10-4-3-5-12(6)9/h3-5,13H,2H2,1H3. The van der Waals surface area contributed by atoms with Crippen molar-refractivity contribution in [1.29, 1.82) is 0 Å². The van der Waals surface area contributed by atoms with Crippen LogP contribution in [0.3, 0.4) is 0 Å². The zero-order valence-electron chi connectivity index (χ0n) is 8.04. The lowest BCUT2D eigenvalue weighted by Gasteiger charge is -2.00. The normalized spacial score (nSPS) is 10.5. The van der Waals surface area contributed by atoms with Crippen LogP contribution in [-0.4, -0.2) is 32.1 Å². The van der Waals surface area contributed by atoms with E-state index in [1.165, 1.54) is 10.6 Å². The van der Waals surface area contributed by atoms with Gasteiger partial charge in [-0.15, -0.1) is 0 Å². The Morgan fingerprint density at radius 1 is 1.67 bits per heavy atom. The number of carbonyl (C=O) groups is 1. The lowest BCUT2D eigenvalue weighted by atomic mass is 10.4. The monoisotopic (exact) mass is 207 g/mol. The van der Waals surface area contributed by atoms with E-state index in [1.807, 2.05) is 0 Å². The predicted molar refractivity (Wildman–Crippen MR) is 50.6 cm³/mol. The van der Waals surface area contributed by atoms with Gasteiger partial charge < -0.3 is 9.84 Å². The summed E-state index contributed by atoms with van der Waals surface area (Å²) in [5.74, 6) is -0.722. The summed E-state index contributed by atoms with van der Waals surface area (Å²) in [6.45, 7) is 1.93. The van der Waals surface area contributed by atoms with Gasteiger partial charge in [-0.05, 0) is 13.0 Å². The van der Waals surface area contributed by atoms with Crippen molar-refractivity contribution in [3.05, 3.63) is 24.2 Å². The van der Waals surface area contributed by atoms with E-state index in [9.17, 15) is 9.90 Å². The molecule has 1 N–H and O–H groups in total. The number of esters is 1. The summed E-state index contributed by atoms with van der Waals surface area (Å²) in [6, 6.07) is 1.64. The van der Waals surface area contributed by atoms with Crippen molar-refractivity contribution < 1.29 is 14.6 Å². The number of imidazole rings is 1. The lowest BCUT2D eigenvalue weighted by Crippen LogP contribution is -2.08. The first-order valence-electron chi connectivity index (χ1n) is 4.43. The Labute approximate surface area is 85.2 Å². The molecular weight excluding hydrogens is 198 g/mol. The molecule has 0 aromatic carbocycles. The molecule has 0 unspecified atom stereocenters. The van der Waals surface area contributed by atoms with Crippen LogP contribution in [0.1, 0.15) is 17.4 Å². The minimum Gasteiger partial charge on any atom is -0.492 e. The van der Waals surface area contributed by atoms with E-state index >= 15 is 0 Å². The Balaban J connectivity index is 2.58. The molecule has 0 fully saturated rings. The fourth-order valence-corrected chi connectivity index (χ4v) is 1.26. The first-order chi connectivity index (χ1) is 7.24. The highest BCUT2D eigenvalue weighted by atomic mass is 16.5. The quantitative estimate of drug-likeness (QED) is 0.730. The van der Waals surface area contributed by atoms with Crippen LogP contribution in [0.2, 0.25) is 0 Å². The molecule has 2 heterocycles. The highest BCUT2D eigenvalue weighted by Crippen LogP contribution is 2.17. The predicted octanol–water partition coefficient (Wildman–Crippen LogP) is 0.612. The van der Waals surface area contributed by atoms with Crippen molar-refractivity contribution in [3.63, 3.8) is 0 Å². The third-order valence-electron chi connectivity index (χ3n) is 1.85. The SMILES string of the molecule is CCOC(=O)c1c(O)nc2ncccn12. The molecule has 2 aromatic heterocycles. The van der Waals surface area contributed by atoms with Gasteiger partial charge in [0.2, 0.25) is 11.7 Å². The number of ether oxygens (including phenoxy) is 1. The number of carbonyl (C=O) groups excluding carboxylic acids is 1. The minimum absolute atomic E-state index is 0.0000463. The van der Waals surface area contributed by atoms with E-state index in [-0.39, 0.29) is 24.0 Å². The maximum absolute atomic E-state index is 11.5. The van der Waals surface area contributed by atoms with Crippen molar-refractivity contribution in [1.82, 2.24) is 14.4 Å². The molecule has 0 aliphatic rings. The number of rotatable bonds is 2. The molecule has 0 atom stereocenters. The maximum Gasteiger partial charge on any atom is 0.361 e. The summed E-state index contributed by atoms with van der Waals surface area (Å²) in [6.07, 6.45) is 3.11. The van der Waals surface area contributed by atoms with Gasteiger partial charge in [0.25, 0.3) is 0 Å². The average molecular weight is 207 g/mol. The van der Waals surface area contributed by atoms with E-state index in [0.29, 0.717) is 0 Å². The zero-order valence-corrected chi connectivity index (χ0v) is 8.04. The molecule has 0 bridgehead atoms. The summed E-state index contributed by atoms with van der Waals surface area (Å²) >= 11 is 0. The van der Waals surface area contributed by atoms with Crippen molar-refractivity contribution in [2.45, 2.75) is 6.92 Å². The molecule has 0 spiro atoms. The fraction of sp³-hybridized carbons (Fsp3) is 0.222. The topological polar surface area (TPSA) is 76.7 Å². The molecule has 6 heteroatoms. The number of fused-ring (bicyclic) bond motifs is 1. The molecule has 0 saturated heterocycles. The van der Waals surface area contributed by atoms with Gasteiger partial charge in [-0.1, -0.05) is 0 Å². The van der Waals surface area contributed by atoms with Gasteiger partial charge >= 0.3 is 5.97 Å². The van der Waals surface area contributed by atoms with Crippen molar-refractivity contribution >= 4 is 11.7 Å². The van der Waals surface area contributed by atoms with Crippen LogP contribution in [0.5, 0.6) is 5.88 Å². The lowest BCUT2D eigenvalue weighted by molar-refractivity contribution is 0.0514. The summed E-state index contributed by atoms with van der Waals surface area (Å²) < 4.78 is 6.17. The van der Waals surface area contributed by atoms with E-state index in [1.54, 1.807) is 19.2 Å². The van der Waals surface area contributed by atoms with E-state index in [2.05, 4.69) is 9.97 Å². The summed E-state index contributed by atoms with van der Waals surface area (Å²) in [4.78, 5) is 19.1. The molecule has 0 aliphatic heterocycles. The van der Waals surface area contributed by atoms with Gasteiger partial charge in [-0.2, -0.15) is 4.98 Å². The fourth-order valence-electron chi connectivity index (χ4n) is 1.26. The maximum atomic E-state index is 11.5. The van der Waals surface area contributed by atoms with Crippen LogP contribution in [0.15, 0.2) is 18.5 Å². The zero-order chi connectivity index (χ0) is 10.8. The van der Waals surface area contributed by atoms with Crippen LogP contribution < -0.4 is 0 Å². The molecule has 2 rings (SSSR count). The number of aromatic hydroxyl groups is 1. The molecule has 0 saturated carbocycles. The number of aromatic nitrogens is 3. The molecule has 15 heavy (non-hydrogen) atoms. The molecule has 78 valence electrons. The minimum atomic E-state index is -0.615. The Hall–Kier alpha value is -2.11. The molecule has 2 aromatic rings. The number of hydrogen-bond donors (Lipinski definition) is 1. The van der Waals surface area contributed by atoms with Crippen molar-refractivity contribution in [2.75, 3.05) is 6.61 Å². The second-order valence-electron chi connectivity index (χ2n) is 2.79. The Kier molecular flexibility index (Phi) is 2.24. The summed E-state index contributed by atoms with van der Waals surface area (Å²) in [5.41, 5.74) is -0.0000463. The molecule has 0 amide bonds. The third-order valence-corrected chi connectivity index (χ3v) is 1.85. The van der Waals surface area contributed by atoms with E-state index < -0.39 is 5.97 Å². The van der Waals surface area contributed by atoms with Gasteiger partial charge in [-0.25, -0.2) is 9.78 Å². The summed E-state index contributed by atoms with van der Waals surface area (Å²) in [5, 5.41) is 9.46. The van der Waals surface area contributed by atoms with Crippen molar-refractivity contribution in [2.24, 2.45) is 0 Å². The van der Waals surface area contributed by atoms with Gasteiger partial charge in [0.1, 0.15) is 0 Å². The highest BCUT2D eigenvalue weighted by Gasteiger charge is 2.20. The van der Waals surface area contributed by atoms with Crippen LogP contribution in [-0.2, 0) is 4.74 Å². The molecular formula is C9H9N3O3. The third kappa shape index (κ3) is 1.50. The van der Waals surface area contributed by atoms with Crippen LogP contribution in [0.4, 0.5) is 0 Å². The largest absolute Gasteiger partial charge is 0.492 e. The summed E-state index contributed by atoms with van der Waals surface area (Å²) in [7, 11) is 0. The first-order valence-corrected chi connectivity index (χ1v) is 4.43. The Morgan fingerprint density at radius 3 is 3.20 bits per heavy atom. The second-order valence-corrected chi connectivity index (χ2v) is 2.79. The van der Waals surface area contributed by atoms with Crippen LogP contribution in [0, 0.1) is 0 Å². The molecule has 6 nitrogen and oxygen atoms in total. The average Bonchev–Trinajstić information content (AvgIpc) is 2.54. The first kappa shape index (κ1) is 9.45. The smallest absolute Gasteiger partial charge is 0.361 e. The highest BCUT2D eigenvalue weighted by molar-refractivity contribution is 5.91. The van der Waals surface area contributed by atoms with E-state index in [4.69, 9.17) is 4.74 Å². The van der Waals surface area contributed by atoms with E-state index in [0.717, 1.165) is 0 Å². The van der Waals surface area contributed by atoms with Crippen LogP contribution >= 0.6 is 0 Å². The van der Waals surface area contributed by atoms with Gasteiger partial charge in [-0.3, -0.25) is 4.40 Å². The Morgan fingerprint density at radius 2 is 2.47 bits per heavy atom. The second kappa shape index (κ2) is 3.56.